The highest BCUT2D eigenvalue weighted by atomic mass is 16.6. The van der Waals surface area contributed by atoms with Crippen LogP contribution in [0.1, 0.15) is 31.7 Å². The quantitative estimate of drug-likeness (QED) is 0.656. The molecule has 1 unspecified atom stereocenters. The van der Waals surface area contributed by atoms with Gasteiger partial charge in [-0.05, 0) is 32.4 Å². The molecule has 0 radical (unpaired) electrons. The van der Waals surface area contributed by atoms with Crippen molar-refractivity contribution < 1.29 is 4.92 Å². The first-order valence-electron chi connectivity index (χ1n) is 7.19. The molecule has 1 fully saturated rings. The molecule has 21 heavy (non-hydrogen) atoms. The Morgan fingerprint density at radius 1 is 1.62 bits per heavy atom. The van der Waals surface area contributed by atoms with Crippen LogP contribution in [0.3, 0.4) is 0 Å². The van der Waals surface area contributed by atoms with Crippen LogP contribution in [0.2, 0.25) is 0 Å². The molecule has 0 amide bonds. The average Bonchev–Trinajstić information content (AvgIpc) is 2.52. The number of piperidine rings is 1. The van der Waals surface area contributed by atoms with Crippen molar-refractivity contribution in [2.75, 3.05) is 24.5 Å². The Bertz CT molecular complexity index is 549. The Morgan fingerprint density at radius 3 is 3.00 bits per heavy atom. The van der Waals surface area contributed by atoms with Crippen molar-refractivity contribution in [1.29, 1.82) is 5.26 Å². The Hall–Kier alpha value is -2.20. The molecule has 0 aromatic carbocycles. The molecule has 0 bridgehead atoms. The number of nitrogens with zero attached hydrogens (tertiary/aromatic N) is 4. The lowest BCUT2D eigenvalue weighted by molar-refractivity contribution is -0.384. The second kappa shape index (κ2) is 6.99. The van der Waals surface area contributed by atoms with E-state index in [2.05, 4.69) is 10.3 Å². The molecule has 1 saturated heterocycles. The molecule has 1 atom stereocenters. The molecule has 0 aliphatic carbocycles. The fourth-order valence-electron chi connectivity index (χ4n) is 2.66. The number of nitro groups is 1. The van der Waals surface area contributed by atoms with Gasteiger partial charge in [0.05, 0.1) is 4.92 Å². The smallest absolute Gasteiger partial charge is 0.329 e. The van der Waals surface area contributed by atoms with Crippen molar-refractivity contribution in [2.45, 2.75) is 32.2 Å². The Morgan fingerprint density at radius 2 is 2.43 bits per heavy atom. The van der Waals surface area contributed by atoms with Crippen LogP contribution in [0.5, 0.6) is 0 Å². The summed E-state index contributed by atoms with van der Waals surface area (Å²) >= 11 is 0. The summed E-state index contributed by atoms with van der Waals surface area (Å²) in [6.45, 7) is 4.20. The monoisotopic (exact) mass is 289 g/mol. The SMILES string of the molecule is CCN(CC1CCCCN1)c1nccc(C#N)c1[N+](=O)[O-]. The molecule has 7 nitrogen and oxygen atoms in total. The molecule has 0 saturated carbocycles. The number of hydrogen-bond acceptors (Lipinski definition) is 6. The third-order valence-corrected chi connectivity index (χ3v) is 3.74. The van der Waals surface area contributed by atoms with Crippen LogP contribution in [0.4, 0.5) is 11.5 Å². The number of rotatable bonds is 5. The molecule has 2 heterocycles. The predicted molar refractivity (Wildman–Crippen MR) is 79.1 cm³/mol. The molecule has 7 heteroatoms. The largest absolute Gasteiger partial charge is 0.350 e. The maximum atomic E-state index is 11.3. The first kappa shape index (κ1) is 15.2. The number of likely N-dealkylation sites (N-methyl/N-ethyl adjacent to an activating group) is 1. The van der Waals surface area contributed by atoms with Crippen molar-refractivity contribution in [3.05, 3.63) is 27.9 Å². The summed E-state index contributed by atoms with van der Waals surface area (Å²) in [5, 5.41) is 23.8. The zero-order chi connectivity index (χ0) is 15.2. The molecular weight excluding hydrogens is 270 g/mol. The second-order valence-electron chi connectivity index (χ2n) is 5.09. The van der Waals surface area contributed by atoms with Crippen molar-refractivity contribution in [3.8, 4) is 6.07 Å². The summed E-state index contributed by atoms with van der Waals surface area (Å²) in [5.74, 6) is 0.286. The lowest BCUT2D eigenvalue weighted by Crippen LogP contribution is -2.44. The summed E-state index contributed by atoms with van der Waals surface area (Å²) in [4.78, 5) is 16.8. The molecule has 1 N–H and O–H groups in total. The van der Waals surface area contributed by atoms with Crippen LogP contribution in [-0.2, 0) is 0 Å². The maximum Gasteiger partial charge on any atom is 0.329 e. The summed E-state index contributed by atoms with van der Waals surface area (Å²) in [6.07, 6.45) is 4.86. The van der Waals surface area contributed by atoms with Crippen LogP contribution in [0.25, 0.3) is 0 Å². The number of hydrogen-bond donors (Lipinski definition) is 1. The fourth-order valence-corrected chi connectivity index (χ4v) is 2.66. The van der Waals surface area contributed by atoms with Gasteiger partial charge in [-0.15, -0.1) is 0 Å². The maximum absolute atomic E-state index is 11.3. The van der Waals surface area contributed by atoms with Gasteiger partial charge < -0.3 is 10.2 Å². The molecule has 2 rings (SSSR count). The highest BCUT2D eigenvalue weighted by Crippen LogP contribution is 2.29. The molecular formula is C14H19N5O2. The summed E-state index contributed by atoms with van der Waals surface area (Å²) in [5.41, 5.74) is -0.141. The van der Waals surface area contributed by atoms with Crippen LogP contribution < -0.4 is 10.2 Å². The standard InChI is InChI=1S/C14H19N5O2/c1-2-18(10-12-5-3-4-7-16-12)14-13(19(20)21)11(9-15)6-8-17-14/h6,8,12,16H,2-5,7,10H2,1H3. The van der Waals surface area contributed by atoms with E-state index in [1.807, 2.05) is 17.9 Å². The van der Waals surface area contributed by atoms with E-state index in [9.17, 15) is 10.1 Å². The van der Waals surface area contributed by atoms with Crippen LogP contribution in [-0.4, -0.2) is 35.6 Å². The zero-order valence-electron chi connectivity index (χ0n) is 12.1. The highest BCUT2D eigenvalue weighted by Gasteiger charge is 2.26. The number of pyridine rings is 1. The minimum Gasteiger partial charge on any atom is -0.350 e. The van der Waals surface area contributed by atoms with E-state index in [4.69, 9.17) is 5.26 Å². The van der Waals surface area contributed by atoms with E-state index in [-0.39, 0.29) is 17.1 Å². The van der Waals surface area contributed by atoms with E-state index in [0.29, 0.717) is 19.1 Å². The van der Waals surface area contributed by atoms with Gasteiger partial charge in [-0.2, -0.15) is 5.26 Å². The van der Waals surface area contributed by atoms with Gasteiger partial charge in [0.2, 0.25) is 5.82 Å². The first-order chi connectivity index (χ1) is 10.2. The van der Waals surface area contributed by atoms with Gasteiger partial charge in [0, 0.05) is 25.3 Å². The molecule has 1 aliphatic heterocycles. The number of aromatic nitrogens is 1. The van der Waals surface area contributed by atoms with Gasteiger partial charge in [-0.1, -0.05) is 6.42 Å². The highest BCUT2D eigenvalue weighted by molar-refractivity contribution is 5.65. The topological polar surface area (TPSA) is 95.1 Å². The van der Waals surface area contributed by atoms with Gasteiger partial charge in [0.25, 0.3) is 0 Å². The number of anilines is 1. The number of nitrogens with one attached hydrogen (secondary N) is 1. The van der Waals surface area contributed by atoms with Gasteiger partial charge >= 0.3 is 5.69 Å². The van der Waals surface area contributed by atoms with Crippen molar-refractivity contribution >= 4 is 11.5 Å². The normalized spacial score (nSPS) is 18.0. The summed E-state index contributed by atoms with van der Waals surface area (Å²) in [6, 6.07) is 3.57. The number of nitriles is 1. The second-order valence-corrected chi connectivity index (χ2v) is 5.09. The predicted octanol–water partition coefficient (Wildman–Crippen LogP) is 1.83. The minimum atomic E-state index is -0.516. The first-order valence-corrected chi connectivity index (χ1v) is 7.19. The van der Waals surface area contributed by atoms with Crippen LogP contribution in [0.15, 0.2) is 12.3 Å². The third-order valence-electron chi connectivity index (χ3n) is 3.74. The Kier molecular flexibility index (Phi) is 5.06. The third kappa shape index (κ3) is 3.47. The molecule has 1 aliphatic rings. The van der Waals surface area contributed by atoms with Crippen LogP contribution in [0, 0.1) is 21.4 Å². The van der Waals surface area contributed by atoms with Crippen molar-refractivity contribution in [3.63, 3.8) is 0 Å². The van der Waals surface area contributed by atoms with Gasteiger partial charge in [-0.3, -0.25) is 10.1 Å². The van der Waals surface area contributed by atoms with Gasteiger partial charge in [0.1, 0.15) is 11.6 Å². The van der Waals surface area contributed by atoms with E-state index in [1.54, 1.807) is 0 Å². The molecule has 112 valence electrons. The fraction of sp³-hybridized carbons (Fsp3) is 0.571. The molecule has 1 aromatic heterocycles. The van der Waals surface area contributed by atoms with Crippen LogP contribution >= 0.6 is 0 Å². The van der Waals surface area contributed by atoms with Gasteiger partial charge in [-0.25, -0.2) is 4.98 Å². The Balaban J connectivity index is 2.29. The van der Waals surface area contributed by atoms with E-state index in [0.717, 1.165) is 13.0 Å². The van der Waals surface area contributed by atoms with Crippen molar-refractivity contribution in [1.82, 2.24) is 10.3 Å². The Labute approximate surface area is 123 Å². The average molecular weight is 289 g/mol. The zero-order valence-corrected chi connectivity index (χ0v) is 12.1. The lowest BCUT2D eigenvalue weighted by atomic mass is 10.0. The van der Waals surface area contributed by atoms with Gasteiger partial charge in [0.15, 0.2) is 0 Å². The molecule has 0 spiro atoms. The van der Waals surface area contributed by atoms with E-state index < -0.39 is 4.92 Å². The van der Waals surface area contributed by atoms with E-state index in [1.165, 1.54) is 25.1 Å². The van der Waals surface area contributed by atoms with Crippen molar-refractivity contribution in [2.24, 2.45) is 0 Å². The summed E-state index contributed by atoms with van der Waals surface area (Å²) < 4.78 is 0. The summed E-state index contributed by atoms with van der Waals surface area (Å²) in [7, 11) is 0. The molecule has 1 aromatic rings. The van der Waals surface area contributed by atoms with E-state index >= 15 is 0 Å². The lowest BCUT2D eigenvalue weighted by Gasteiger charge is -2.30. The minimum absolute atomic E-state index is 0.0556.